The Morgan fingerprint density at radius 3 is 1.24 bits per heavy atom. The number of allylic oxidation sites excluding steroid dienone is 12. The highest BCUT2D eigenvalue weighted by Gasteiger charge is 2.44. The number of hydrogen-bond donors (Lipinski definition) is 6. The SMILES string of the molecule is CC/C=C\C/C=C\C/C=C\C/C=C\C/C=C\C/C=C\CCCCCCCCCCCCCCCCC(=O)NC(COC1OC(CO)C(O)C(O)C1O)C(O)CCCCCCCCCCCCCCCCCCCC. The standard InChI is InChI=1S/C65H117NO8/c1-3-5-7-9-11-13-15-17-19-21-23-24-25-26-27-28-29-30-31-32-33-34-35-36-37-39-41-43-45-47-49-51-53-55-61(69)66-58(57-73-65-64(72)63(71)62(70)60(56-67)74-65)59(68)54-52-50-48-46-44-42-40-38-22-20-18-16-14-12-10-8-6-4-2/h5,7,11,13,17,19,23-24,26-27,29-30,58-60,62-65,67-68,70-72H,3-4,6,8-10,12,14-16,18,20-22,25,28,31-57H2,1-2H3,(H,66,69)/b7-5-,13-11-,19-17-,24-23-,27-26-,30-29-. The number of amides is 1. The average Bonchev–Trinajstić information content (AvgIpc) is 3.40. The van der Waals surface area contributed by atoms with Crippen molar-refractivity contribution in [2.45, 2.75) is 320 Å². The van der Waals surface area contributed by atoms with Crippen LogP contribution < -0.4 is 5.32 Å². The second kappa shape index (κ2) is 54.0. The zero-order valence-electron chi connectivity index (χ0n) is 47.8. The summed E-state index contributed by atoms with van der Waals surface area (Å²) in [5.74, 6) is -0.144. The maximum absolute atomic E-state index is 13.1. The van der Waals surface area contributed by atoms with Gasteiger partial charge in [-0.15, -0.1) is 0 Å². The Balaban J connectivity index is 2.14. The lowest BCUT2D eigenvalue weighted by Gasteiger charge is -2.40. The molecule has 0 aromatic heterocycles. The highest BCUT2D eigenvalue weighted by molar-refractivity contribution is 5.76. The third-order valence-electron chi connectivity index (χ3n) is 14.6. The molecule has 1 rings (SSSR count). The lowest BCUT2D eigenvalue weighted by atomic mass is 9.99. The first-order chi connectivity index (χ1) is 36.3. The molecule has 1 heterocycles. The van der Waals surface area contributed by atoms with Crippen molar-refractivity contribution in [2.75, 3.05) is 13.2 Å². The van der Waals surface area contributed by atoms with Crippen molar-refractivity contribution in [1.29, 1.82) is 0 Å². The smallest absolute Gasteiger partial charge is 0.220 e. The van der Waals surface area contributed by atoms with Crippen LogP contribution in [0.25, 0.3) is 0 Å². The van der Waals surface area contributed by atoms with Gasteiger partial charge in [-0.2, -0.15) is 0 Å². The van der Waals surface area contributed by atoms with E-state index in [9.17, 15) is 30.3 Å². The summed E-state index contributed by atoms with van der Waals surface area (Å²) in [6.07, 6.45) is 67.9. The second-order valence-corrected chi connectivity index (χ2v) is 21.5. The molecule has 7 atom stereocenters. The molecule has 0 aromatic carbocycles. The predicted octanol–water partition coefficient (Wildman–Crippen LogP) is 16.0. The van der Waals surface area contributed by atoms with Crippen molar-refractivity contribution < 1.29 is 39.8 Å². The fraction of sp³-hybridized carbons (Fsp3) is 0.800. The number of rotatable bonds is 53. The molecule has 0 bridgehead atoms. The minimum atomic E-state index is -1.56. The normalized spacial score (nSPS) is 19.5. The molecular formula is C65H117NO8. The predicted molar refractivity (Wildman–Crippen MR) is 313 cm³/mol. The van der Waals surface area contributed by atoms with Crippen LogP contribution in [0.3, 0.4) is 0 Å². The molecule has 7 unspecified atom stereocenters. The molecule has 9 nitrogen and oxygen atoms in total. The molecule has 0 radical (unpaired) electrons. The fourth-order valence-electron chi connectivity index (χ4n) is 9.70. The van der Waals surface area contributed by atoms with Gasteiger partial charge in [-0.25, -0.2) is 0 Å². The van der Waals surface area contributed by atoms with Crippen LogP contribution in [-0.2, 0) is 14.3 Å². The van der Waals surface area contributed by atoms with Crippen LogP contribution in [0.1, 0.15) is 277 Å². The summed E-state index contributed by atoms with van der Waals surface area (Å²) < 4.78 is 11.3. The molecule has 0 aliphatic carbocycles. The Morgan fingerprint density at radius 1 is 0.473 bits per heavy atom. The number of ether oxygens (including phenoxy) is 2. The van der Waals surface area contributed by atoms with E-state index in [-0.39, 0.29) is 12.5 Å². The van der Waals surface area contributed by atoms with Gasteiger partial charge in [-0.05, 0) is 64.2 Å². The molecule has 1 aliphatic rings. The van der Waals surface area contributed by atoms with Crippen LogP contribution in [0.5, 0.6) is 0 Å². The van der Waals surface area contributed by atoms with Gasteiger partial charge in [0.1, 0.15) is 24.4 Å². The van der Waals surface area contributed by atoms with Crippen LogP contribution in [-0.4, -0.2) is 87.5 Å². The first-order valence-electron chi connectivity index (χ1n) is 31.1. The zero-order valence-corrected chi connectivity index (χ0v) is 47.8. The van der Waals surface area contributed by atoms with E-state index in [4.69, 9.17) is 9.47 Å². The zero-order chi connectivity index (χ0) is 53.6. The van der Waals surface area contributed by atoms with Gasteiger partial charge < -0.3 is 40.3 Å². The third-order valence-corrected chi connectivity index (χ3v) is 14.6. The van der Waals surface area contributed by atoms with Crippen molar-refractivity contribution in [3.63, 3.8) is 0 Å². The Hall–Kier alpha value is -2.37. The van der Waals surface area contributed by atoms with Crippen molar-refractivity contribution in [2.24, 2.45) is 0 Å². The quantitative estimate of drug-likeness (QED) is 0.0261. The molecule has 0 aromatic rings. The first kappa shape index (κ1) is 69.6. The van der Waals surface area contributed by atoms with Gasteiger partial charge in [0, 0.05) is 6.42 Å². The number of nitrogens with one attached hydrogen (secondary N) is 1. The van der Waals surface area contributed by atoms with Crippen LogP contribution in [0.4, 0.5) is 0 Å². The Morgan fingerprint density at radius 2 is 0.838 bits per heavy atom. The van der Waals surface area contributed by atoms with E-state index in [1.165, 1.54) is 173 Å². The number of unbranched alkanes of at least 4 members (excludes halogenated alkanes) is 31. The van der Waals surface area contributed by atoms with Crippen LogP contribution in [0.2, 0.25) is 0 Å². The number of carbonyl (C=O) groups excluding carboxylic acids is 1. The number of hydrogen-bond acceptors (Lipinski definition) is 8. The summed E-state index contributed by atoms with van der Waals surface area (Å²) >= 11 is 0. The molecule has 1 amide bonds. The lowest BCUT2D eigenvalue weighted by molar-refractivity contribution is -0.302. The molecule has 1 saturated heterocycles. The third kappa shape index (κ3) is 42.7. The summed E-state index contributed by atoms with van der Waals surface area (Å²) in [6.45, 7) is 3.75. The summed E-state index contributed by atoms with van der Waals surface area (Å²) in [7, 11) is 0. The lowest BCUT2D eigenvalue weighted by Crippen LogP contribution is -2.60. The fourth-order valence-corrected chi connectivity index (χ4v) is 9.70. The van der Waals surface area contributed by atoms with Gasteiger partial charge in [-0.3, -0.25) is 4.79 Å². The van der Waals surface area contributed by atoms with E-state index in [0.29, 0.717) is 12.8 Å². The molecule has 1 aliphatic heterocycles. The van der Waals surface area contributed by atoms with Crippen LogP contribution >= 0.6 is 0 Å². The van der Waals surface area contributed by atoms with Crippen molar-refractivity contribution in [1.82, 2.24) is 5.32 Å². The average molecular weight is 1040 g/mol. The molecular weight excluding hydrogens is 923 g/mol. The molecule has 0 spiro atoms. The molecule has 430 valence electrons. The molecule has 1 fully saturated rings. The maximum atomic E-state index is 13.1. The van der Waals surface area contributed by atoms with Crippen molar-refractivity contribution in [3.8, 4) is 0 Å². The summed E-state index contributed by atoms with van der Waals surface area (Å²) in [6, 6.07) is -0.723. The van der Waals surface area contributed by atoms with E-state index in [0.717, 1.165) is 77.0 Å². The minimum absolute atomic E-state index is 0.139. The number of aliphatic hydroxyl groups is 5. The highest BCUT2D eigenvalue weighted by atomic mass is 16.7. The number of carbonyl (C=O) groups is 1. The summed E-state index contributed by atoms with van der Waals surface area (Å²) in [5.41, 5.74) is 0. The monoisotopic (exact) mass is 1040 g/mol. The molecule has 74 heavy (non-hydrogen) atoms. The van der Waals surface area contributed by atoms with E-state index < -0.39 is 49.5 Å². The maximum Gasteiger partial charge on any atom is 0.220 e. The molecule has 0 saturated carbocycles. The van der Waals surface area contributed by atoms with Gasteiger partial charge in [0.2, 0.25) is 5.91 Å². The Labute approximate surface area is 455 Å². The van der Waals surface area contributed by atoms with Crippen molar-refractivity contribution in [3.05, 3.63) is 72.9 Å². The van der Waals surface area contributed by atoms with Gasteiger partial charge in [-0.1, -0.05) is 279 Å². The van der Waals surface area contributed by atoms with Gasteiger partial charge in [0.05, 0.1) is 25.4 Å². The Kier molecular flexibility index (Phi) is 50.8. The topological polar surface area (TPSA) is 149 Å². The van der Waals surface area contributed by atoms with Gasteiger partial charge in [0.25, 0.3) is 0 Å². The molecule has 6 N–H and O–H groups in total. The van der Waals surface area contributed by atoms with Gasteiger partial charge in [0.15, 0.2) is 6.29 Å². The second-order valence-electron chi connectivity index (χ2n) is 21.5. The van der Waals surface area contributed by atoms with E-state index in [1.807, 2.05) is 0 Å². The van der Waals surface area contributed by atoms with E-state index >= 15 is 0 Å². The van der Waals surface area contributed by atoms with Crippen LogP contribution in [0, 0.1) is 0 Å². The minimum Gasteiger partial charge on any atom is -0.394 e. The highest BCUT2D eigenvalue weighted by Crippen LogP contribution is 2.23. The molecule has 9 heteroatoms. The van der Waals surface area contributed by atoms with E-state index in [1.54, 1.807) is 0 Å². The van der Waals surface area contributed by atoms with E-state index in [2.05, 4.69) is 92.1 Å². The number of aliphatic hydroxyl groups excluding tert-OH is 5. The Bertz CT molecular complexity index is 1390. The first-order valence-corrected chi connectivity index (χ1v) is 31.1. The summed E-state index contributed by atoms with van der Waals surface area (Å²) in [4.78, 5) is 13.1. The van der Waals surface area contributed by atoms with Crippen LogP contribution in [0.15, 0.2) is 72.9 Å². The van der Waals surface area contributed by atoms with Gasteiger partial charge >= 0.3 is 0 Å². The van der Waals surface area contributed by atoms with Crippen molar-refractivity contribution >= 4 is 5.91 Å². The summed E-state index contributed by atoms with van der Waals surface area (Å²) in [5, 5.41) is 54.8. The largest absolute Gasteiger partial charge is 0.394 e.